The van der Waals surface area contributed by atoms with E-state index in [4.69, 9.17) is 5.73 Å². The van der Waals surface area contributed by atoms with E-state index in [0.29, 0.717) is 5.69 Å². The molecule has 0 spiro atoms. The first-order valence-electron chi connectivity index (χ1n) is 6.00. The quantitative estimate of drug-likeness (QED) is 0.738. The lowest BCUT2D eigenvalue weighted by molar-refractivity contribution is 0.0763. The lowest BCUT2D eigenvalue weighted by atomic mass is 10.2. The van der Waals surface area contributed by atoms with Crippen LogP contribution in [-0.4, -0.2) is 48.9 Å². The van der Waals surface area contributed by atoms with Crippen LogP contribution in [0.2, 0.25) is 0 Å². The number of carbonyl (C=O) groups is 1. The number of nitrogens with zero attached hydrogens (tertiary/aromatic N) is 2. The summed E-state index contributed by atoms with van der Waals surface area (Å²) in [5, 5.41) is 0. The van der Waals surface area contributed by atoms with Crippen molar-refractivity contribution in [3.05, 3.63) is 29.8 Å². The van der Waals surface area contributed by atoms with Gasteiger partial charge in [-0.15, -0.1) is 0 Å². The Kier molecular flexibility index (Phi) is 3.64. The average Bonchev–Trinajstić information content (AvgIpc) is 2.54. The standard InChI is InChI=1S/C13H19N3O/c1-15-7-2-8-16(10-9-15)13(17)11-3-5-12(14)6-4-11/h3-6H,2,7-10,14H2,1H3. The van der Waals surface area contributed by atoms with Gasteiger partial charge in [-0.3, -0.25) is 4.79 Å². The predicted molar refractivity (Wildman–Crippen MR) is 68.9 cm³/mol. The van der Waals surface area contributed by atoms with Crippen molar-refractivity contribution >= 4 is 11.6 Å². The summed E-state index contributed by atoms with van der Waals surface area (Å²) in [6.45, 7) is 3.65. The summed E-state index contributed by atoms with van der Waals surface area (Å²) in [5.74, 6) is 0.111. The third kappa shape index (κ3) is 2.97. The van der Waals surface area contributed by atoms with Crippen LogP contribution >= 0.6 is 0 Å². The van der Waals surface area contributed by atoms with Gasteiger partial charge in [0, 0.05) is 30.9 Å². The highest BCUT2D eigenvalue weighted by Crippen LogP contribution is 2.10. The summed E-state index contributed by atoms with van der Waals surface area (Å²) < 4.78 is 0. The molecule has 0 aliphatic carbocycles. The Morgan fingerprint density at radius 2 is 1.82 bits per heavy atom. The maximum atomic E-state index is 12.2. The van der Waals surface area contributed by atoms with Gasteiger partial charge in [0.05, 0.1) is 0 Å². The van der Waals surface area contributed by atoms with Crippen molar-refractivity contribution in [1.82, 2.24) is 9.80 Å². The number of hydrogen-bond donors (Lipinski definition) is 1. The molecule has 0 atom stereocenters. The normalized spacial score (nSPS) is 17.8. The minimum atomic E-state index is 0.111. The van der Waals surface area contributed by atoms with E-state index in [1.807, 2.05) is 4.90 Å². The van der Waals surface area contributed by atoms with Crippen molar-refractivity contribution in [2.24, 2.45) is 0 Å². The zero-order valence-electron chi connectivity index (χ0n) is 10.2. The molecular weight excluding hydrogens is 214 g/mol. The maximum absolute atomic E-state index is 12.2. The first-order valence-corrected chi connectivity index (χ1v) is 6.00. The van der Waals surface area contributed by atoms with E-state index < -0.39 is 0 Å². The molecule has 0 unspecified atom stereocenters. The van der Waals surface area contributed by atoms with Crippen molar-refractivity contribution < 1.29 is 4.79 Å². The fourth-order valence-electron chi connectivity index (χ4n) is 2.06. The molecule has 1 fully saturated rings. The number of carbonyl (C=O) groups excluding carboxylic acids is 1. The molecule has 4 nitrogen and oxygen atoms in total. The molecule has 17 heavy (non-hydrogen) atoms. The van der Waals surface area contributed by atoms with Crippen LogP contribution < -0.4 is 5.73 Å². The number of rotatable bonds is 1. The third-order valence-corrected chi connectivity index (χ3v) is 3.16. The topological polar surface area (TPSA) is 49.6 Å². The number of anilines is 1. The second-order valence-electron chi connectivity index (χ2n) is 4.57. The Hall–Kier alpha value is -1.55. The van der Waals surface area contributed by atoms with E-state index >= 15 is 0 Å². The molecule has 1 saturated heterocycles. The van der Waals surface area contributed by atoms with Gasteiger partial charge < -0.3 is 15.5 Å². The zero-order valence-corrected chi connectivity index (χ0v) is 10.2. The van der Waals surface area contributed by atoms with Crippen LogP contribution in [0.1, 0.15) is 16.8 Å². The number of likely N-dealkylation sites (N-methyl/N-ethyl adjacent to an activating group) is 1. The second kappa shape index (κ2) is 5.19. The molecule has 1 heterocycles. The van der Waals surface area contributed by atoms with Gasteiger partial charge in [-0.2, -0.15) is 0 Å². The van der Waals surface area contributed by atoms with Gasteiger partial charge in [-0.1, -0.05) is 0 Å². The van der Waals surface area contributed by atoms with E-state index in [9.17, 15) is 4.79 Å². The Bertz CT molecular complexity index is 388. The summed E-state index contributed by atoms with van der Waals surface area (Å²) >= 11 is 0. The molecule has 0 aromatic heterocycles. The van der Waals surface area contributed by atoms with Gasteiger partial charge >= 0.3 is 0 Å². The number of hydrogen-bond acceptors (Lipinski definition) is 3. The van der Waals surface area contributed by atoms with Gasteiger partial charge in [-0.05, 0) is 44.3 Å². The van der Waals surface area contributed by atoms with E-state index in [1.165, 1.54) is 0 Å². The minimum Gasteiger partial charge on any atom is -0.399 e. The van der Waals surface area contributed by atoms with Gasteiger partial charge in [0.15, 0.2) is 0 Å². The summed E-state index contributed by atoms with van der Waals surface area (Å²) in [7, 11) is 2.09. The average molecular weight is 233 g/mol. The van der Waals surface area contributed by atoms with Crippen LogP contribution in [0, 0.1) is 0 Å². The van der Waals surface area contributed by atoms with Gasteiger partial charge in [-0.25, -0.2) is 0 Å². The first-order chi connectivity index (χ1) is 8.16. The van der Waals surface area contributed by atoms with Crippen molar-refractivity contribution in [2.45, 2.75) is 6.42 Å². The molecule has 1 aliphatic heterocycles. The SMILES string of the molecule is CN1CCCN(C(=O)c2ccc(N)cc2)CC1. The van der Waals surface area contributed by atoms with Crippen LogP contribution in [-0.2, 0) is 0 Å². The highest BCUT2D eigenvalue weighted by molar-refractivity contribution is 5.94. The van der Waals surface area contributed by atoms with E-state index in [2.05, 4.69) is 11.9 Å². The predicted octanol–water partition coefficient (Wildman–Crippen LogP) is 1.05. The smallest absolute Gasteiger partial charge is 0.253 e. The third-order valence-electron chi connectivity index (χ3n) is 3.16. The molecule has 92 valence electrons. The monoisotopic (exact) mass is 233 g/mol. The Morgan fingerprint density at radius 3 is 2.53 bits per heavy atom. The Morgan fingerprint density at radius 1 is 1.12 bits per heavy atom. The van der Waals surface area contributed by atoms with Gasteiger partial charge in [0.25, 0.3) is 5.91 Å². The van der Waals surface area contributed by atoms with Crippen LogP contribution in [0.5, 0.6) is 0 Å². The molecular formula is C13H19N3O. The van der Waals surface area contributed by atoms with Crippen molar-refractivity contribution in [3.63, 3.8) is 0 Å². The lowest BCUT2D eigenvalue weighted by Crippen LogP contribution is -2.34. The molecule has 2 N–H and O–H groups in total. The van der Waals surface area contributed by atoms with Crippen LogP contribution in [0.15, 0.2) is 24.3 Å². The van der Waals surface area contributed by atoms with Gasteiger partial charge in [0.2, 0.25) is 0 Å². The van der Waals surface area contributed by atoms with Crippen LogP contribution in [0.4, 0.5) is 5.69 Å². The number of amides is 1. The summed E-state index contributed by atoms with van der Waals surface area (Å²) in [6, 6.07) is 7.15. The first kappa shape index (κ1) is 11.9. The van der Waals surface area contributed by atoms with E-state index in [0.717, 1.165) is 38.2 Å². The lowest BCUT2D eigenvalue weighted by Gasteiger charge is -2.20. The van der Waals surface area contributed by atoms with Crippen LogP contribution in [0.3, 0.4) is 0 Å². The number of nitrogen functional groups attached to an aromatic ring is 1. The Balaban J connectivity index is 2.06. The molecule has 1 aromatic rings. The molecule has 1 amide bonds. The summed E-state index contributed by atoms with van der Waals surface area (Å²) in [4.78, 5) is 16.4. The maximum Gasteiger partial charge on any atom is 0.253 e. The van der Waals surface area contributed by atoms with Crippen LogP contribution in [0.25, 0.3) is 0 Å². The van der Waals surface area contributed by atoms with Crippen molar-refractivity contribution in [1.29, 1.82) is 0 Å². The molecule has 4 heteroatoms. The molecule has 0 bridgehead atoms. The largest absolute Gasteiger partial charge is 0.399 e. The molecule has 1 aliphatic rings. The molecule has 1 aromatic carbocycles. The fourth-order valence-corrected chi connectivity index (χ4v) is 2.06. The second-order valence-corrected chi connectivity index (χ2v) is 4.57. The summed E-state index contributed by atoms with van der Waals surface area (Å²) in [6.07, 6.45) is 1.04. The zero-order chi connectivity index (χ0) is 12.3. The summed E-state index contributed by atoms with van der Waals surface area (Å²) in [5.41, 5.74) is 7.03. The van der Waals surface area contributed by atoms with E-state index in [1.54, 1.807) is 24.3 Å². The molecule has 0 radical (unpaired) electrons. The van der Waals surface area contributed by atoms with Gasteiger partial charge in [0.1, 0.15) is 0 Å². The minimum absolute atomic E-state index is 0.111. The highest BCUT2D eigenvalue weighted by atomic mass is 16.2. The number of benzene rings is 1. The highest BCUT2D eigenvalue weighted by Gasteiger charge is 2.18. The molecule has 0 saturated carbocycles. The fraction of sp³-hybridized carbons (Fsp3) is 0.462. The molecule has 2 rings (SSSR count). The van der Waals surface area contributed by atoms with Crippen molar-refractivity contribution in [3.8, 4) is 0 Å². The van der Waals surface area contributed by atoms with E-state index in [-0.39, 0.29) is 5.91 Å². The van der Waals surface area contributed by atoms with Crippen molar-refractivity contribution in [2.75, 3.05) is 39.0 Å². The number of nitrogens with two attached hydrogens (primary N) is 1. The Labute approximate surface area is 102 Å².